The maximum Gasteiger partial charge on any atom is 0.289 e. The molecule has 0 bridgehead atoms. The van der Waals surface area contributed by atoms with Crippen molar-refractivity contribution in [3.63, 3.8) is 0 Å². The first-order valence-corrected chi connectivity index (χ1v) is 7.51. The molecule has 1 aliphatic rings. The minimum atomic E-state index is -1.04. The Balaban J connectivity index is 3.53. The molecule has 126 valence electrons. The van der Waals surface area contributed by atoms with Gasteiger partial charge in [0.1, 0.15) is 11.3 Å². The topological polar surface area (TPSA) is 133 Å². The van der Waals surface area contributed by atoms with Crippen molar-refractivity contribution in [2.24, 2.45) is 5.73 Å². The average molecular weight is 365 g/mol. The molecule has 0 fully saturated rings. The number of nitrogens with zero attached hydrogens (tertiary/aromatic N) is 3. The van der Waals surface area contributed by atoms with Gasteiger partial charge in [0.05, 0.1) is 16.3 Å². The van der Waals surface area contributed by atoms with E-state index in [1.807, 2.05) is 0 Å². The molecular weight excluding hydrogens is 351 g/mol. The lowest BCUT2D eigenvalue weighted by Crippen LogP contribution is -2.30. The standard InChI is InChI=1S/C12H14Cl2N4O5/c13-3-5-16(6-4-14)11-7-8(12(15)19)9(17(20)21)1-2-10(11)18(22)23/h2,7H,1,3-6H2,(H2,15,19). The molecule has 0 radical (unpaired) electrons. The summed E-state index contributed by atoms with van der Waals surface area (Å²) in [5.74, 6) is -0.739. The third-order valence-corrected chi connectivity index (χ3v) is 3.41. The lowest BCUT2D eigenvalue weighted by molar-refractivity contribution is -0.429. The maximum absolute atomic E-state index is 11.5. The second-order valence-electron chi connectivity index (χ2n) is 4.43. The van der Waals surface area contributed by atoms with Gasteiger partial charge in [-0.25, -0.2) is 0 Å². The number of carbonyl (C=O) groups is 1. The van der Waals surface area contributed by atoms with Gasteiger partial charge in [-0.2, -0.15) is 0 Å². The largest absolute Gasteiger partial charge is 0.365 e. The molecule has 0 atom stereocenters. The van der Waals surface area contributed by atoms with E-state index in [1.54, 1.807) is 0 Å². The molecule has 11 heteroatoms. The van der Waals surface area contributed by atoms with Crippen molar-refractivity contribution in [2.45, 2.75) is 6.42 Å². The Labute approximate surface area is 141 Å². The Bertz CT molecular complexity index is 609. The Kier molecular flexibility index (Phi) is 6.98. The molecule has 0 unspecified atom stereocenters. The molecule has 0 aliphatic heterocycles. The van der Waals surface area contributed by atoms with E-state index < -0.39 is 27.9 Å². The van der Waals surface area contributed by atoms with E-state index in [9.17, 15) is 25.0 Å². The molecule has 0 aromatic rings. The Morgan fingerprint density at radius 3 is 2.17 bits per heavy atom. The van der Waals surface area contributed by atoms with E-state index in [-0.39, 0.29) is 41.8 Å². The highest BCUT2D eigenvalue weighted by Crippen LogP contribution is 2.26. The van der Waals surface area contributed by atoms with Gasteiger partial charge in [-0.15, -0.1) is 23.2 Å². The number of amides is 1. The SMILES string of the molecule is NC(=O)C1=C([N+](=O)[O-])CC=C([N+](=O)[O-])C(N(CCCl)CCCl)=C1. The number of primary amides is 1. The van der Waals surface area contributed by atoms with Crippen molar-refractivity contribution in [3.05, 3.63) is 55.0 Å². The predicted molar refractivity (Wildman–Crippen MR) is 84.0 cm³/mol. The van der Waals surface area contributed by atoms with Gasteiger partial charge in [0.25, 0.3) is 17.3 Å². The summed E-state index contributed by atoms with van der Waals surface area (Å²) in [5.41, 5.74) is 3.96. The summed E-state index contributed by atoms with van der Waals surface area (Å²) in [7, 11) is 0. The van der Waals surface area contributed by atoms with Crippen molar-refractivity contribution >= 4 is 29.1 Å². The molecule has 0 aromatic carbocycles. The van der Waals surface area contributed by atoms with E-state index in [0.717, 1.165) is 12.2 Å². The fourth-order valence-electron chi connectivity index (χ4n) is 2.07. The zero-order valence-electron chi connectivity index (χ0n) is 11.9. The third-order valence-electron chi connectivity index (χ3n) is 3.08. The van der Waals surface area contributed by atoms with Crippen LogP contribution < -0.4 is 5.73 Å². The molecule has 0 saturated carbocycles. The van der Waals surface area contributed by atoms with Gasteiger partial charge in [0.15, 0.2) is 0 Å². The second-order valence-corrected chi connectivity index (χ2v) is 5.18. The predicted octanol–water partition coefficient (Wildman–Crippen LogP) is 1.23. The lowest BCUT2D eigenvalue weighted by Gasteiger charge is -2.23. The highest BCUT2D eigenvalue weighted by molar-refractivity contribution is 6.18. The van der Waals surface area contributed by atoms with Gasteiger partial charge >= 0.3 is 0 Å². The summed E-state index contributed by atoms with van der Waals surface area (Å²) >= 11 is 11.4. The summed E-state index contributed by atoms with van der Waals surface area (Å²) in [5, 5.41) is 22.4. The van der Waals surface area contributed by atoms with Crippen molar-refractivity contribution in [3.8, 4) is 0 Å². The molecular formula is C12H14Cl2N4O5. The lowest BCUT2D eigenvalue weighted by atomic mass is 10.1. The fourth-order valence-corrected chi connectivity index (χ4v) is 2.47. The van der Waals surface area contributed by atoms with Crippen LogP contribution in [0.5, 0.6) is 0 Å². The van der Waals surface area contributed by atoms with Crippen LogP contribution >= 0.6 is 23.2 Å². The summed E-state index contributed by atoms with van der Waals surface area (Å²) in [6.45, 7) is 0.427. The zero-order valence-corrected chi connectivity index (χ0v) is 13.4. The number of rotatable bonds is 8. The fraction of sp³-hybridized carbons (Fsp3) is 0.417. The highest BCUT2D eigenvalue weighted by atomic mass is 35.5. The number of hydrogen-bond donors (Lipinski definition) is 1. The molecule has 1 aliphatic carbocycles. The minimum Gasteiger partial charge on any atom is -0.365 e. The van der Waals surface area contributed by atoms with E-state index in [0.29, 0.717) is 0 Å². The third kappa shape index (κ3) is 4.67. The quantitative estimate of drug-likeness (QED) is 0.391. The van der Waals surface area contributed by atoms with E-state index >= 15 is 0 Å². The number of nitro groups is 2. The first-order valence-electron chi connectivity index (χ1n) is 6.44. The maximum atomic E-state index is 11.5. The Morgan fingerprint density at radius 1 is 1.22 bits per heavy atom. The van der Waals surface area contributed by atoms with Crippen LogP contribution in [0.3, 0.4) is 0 Å². The molecule has 0 saturated heterocycles. The van der Waals surface area contributed by atoms with Gasteiger partial charge in [0, 0.05) is 30.9 Å². The summed E-state index contributed by atoms with van der Waals surface area (Å²) < 4.78 is 0. The molecule has 9 nitrogen and oxygen atoms in total. The molecule has 1 rings (SSSR count). The van der Waals surface area contributed by atoms with E-state index in [2.05, 4.69) is 0 Å². The molecule has 0 spiro atoms. The number of carbonyl (C=O) groups excluding carboxylic acids is 1. The van der Waals surface area contributed by atoms with Crippen LogP contribution in [-0.4, -0.2) is 45.5 Å². The Hall–Kier alpha value is -2.13. The normalized spacial score (nSPS) is 14.7. The zero-order chi connectivity index (χ0) is 17.6. The molecule has 2 N–H and O–H groups in total. The number of nitrogens with two attached hydrogens (primary N) is 1. The smallest absolute Gasteiger partial charge is 0.289 e. The van der Waals surface area contributed by atoms with E-state index in [4.69, 9.17) is 28.9 Å². The van der Waals surface area contributed by atoms with Crippen LogP contribution in [0.4, 0.5) is 0 Å². The van der Waals surface area contributed by atoms with Crippen molar-refractivity contribution in [1.82, 2.24) is 4.90 Å². The minimum absolute atomic E-state index is 0.0157. The van der Waals surface area contributed by atoms with Gasteiger partial charge in [-0.1, -0.05) is 0 Å². The van der Waals surface area contributed by atoms with Crippen LogP contribution in [0, 0.1) is 20.2 Å². The molecule has 1 amide bonds. The summed E-state index contributed by atoms with van der Waals surface area (Å²) in [4.78, 5) is 33.9. The van der Waals surface area contributed by atoms with Crippen LogP contribution in [-0.2, 0) is 4.79 Å². The Morgan fingerprint density at radius 2 is 1.78 bits per heavy atom. The monoisotopic (exact) mass is 364 g/mol. The average Bonchev–Trinajstić information content (AvgIpc) is 2.66. The van der Waals surface area contributed by atoms with Crippen molar-refractivity contribution in [1.29, 1.82) is 0 Å². The number of allylic oxidation sites excluding steroid dienone is 1. The van der Waals surface area contributed by atoms with Gasteiger partial charge in [-0.3, -0.25) is 25.0 Å². The van der Waals surface area contributed by atoms with Crippen molar-refractivity contribution in [2.75, 3.05) is 24.8 Å². The van der Waals surface area contributed by atoms with Gasteiger partial charge in [0.2, 0.25) is 0 Å². The van der Waals surface area contributed by atoms with Gasteiger partial charge in [-0.05, 0) is 6.08 Å². The van der Waals surface area contributed by atoms with E-state index in [1.165, 1.54) is 4.90 Å². The number of alkyl halides is 2. The first-order chi connectivity index (χ1) is 10.8. The van der Waals surface area contributed by atoms with Crippen molar-refractivity contribution < 1.29 is 14.6 Å². The molecule has 23 heavy (non-hydrogen) atoms. The summed E-state index contributed by atoms with van der Waals surface area (Å²) in [6.07, 6.45) is 1.74. The number of hydrogen-bond acceptors (Lipinski definition) is 6. The second kappa shape index (κ2) is 8.49. The molecule has 0 aromatic heterocycles. The van der Waals surface area contributed by atoms with Crippen LogP contribution in [0.2, 0.25) is 0 Å². The number of halogens is 2. The van der Waals surface area contributed by atoms with Crippen LogP contribution in [0.15, 0.2) is 34.8 Å². The summed E-state index contributed by atoms with van der Waals surface area (Å²) in [6, 6.07) is 0. The first kappa shape index (κ1) is 18.9. The van der Waals surface area contributed by atoms with Crippen LogP contribution in [0.1, 0.15) is 6.42 Å². The molecule has 0 heterocycles. The van der Waals surface area contributed by atoms with Crippen LogP contribution in [0.25, 0.3) is 0 Å². The van der Waals surface area contributed by atoms with Gasteiger partial charge < -0.3 is 10.6 Å². The highest BCUT2D eigenvalue weighted by Gasteiger charge is 2.31.